The van der Waals surface area contributed by atoms with Crippen molar-refractivity contribution in [1.29, 1.82) is 0 Å². The third-order valence-corrected chi connectivity index (χ3v) is 4.59. The molecule has 4 nitrogen and oxygen atoms in total. The van der Waals surface area contributed by atoms with E-state index in [0.29, 0.717) is 0 Å². The molecule has 116 valence electrons. The molecule has 21 heavy (non-hydrogen) atoms. The van der Waals surface area contributed by atoms with E-state index in [4.69, 9.17) is 4.42 Å². The average molecular weight is 354 g/mol. The summed E-state index contributed by atoms with van der Waals surface area (Å²) in [6.45, 7) is 8.34. The largest absolute Gasteiger partial charge is 0.472 e. The van der Waals surface area contributed by atoms with Gasteiger partial charge >= 0.3 is 0 Å². The second-order valence-electron chi connectivity index (χ2n) is 5.14. The van der Waals surface area contributed by atoms with Crippen LogP contribution in [0.5, 0.6) is 0 Å². The second kappa shape index (κ2) is 7.80. The van der Waals surface area contributed by atoms with Gasteiger partial charge in [-0.15, -0.1) is 0 Å². The van der Waals surface area contributed by atoms with Crippen LogP contribution in [0.25, 0.3) is 0 Å². The van der Waals surface area contributed by atoms with Gasteiger partial charge in [-0.25, -0.2) is 0 Å². The Bertz CT molecular complexity index is 548. The minimum absolute atomic E-state index is 0.256. The highest BCUT2D eigenvalue weighted by atomic mass is 79.9. The lowest BCUT2D eigenvalue weighted by molar-refractivity contribution is 0.492. The number of rotatable bonds is 8. The molecule has 0 saturated heterocycles. The van der Waals surface area contributed by atoms with E-state index in [9.17, 15) is 0 Å². The Hall–Kier alpha value is -1.07. The lowest BCUT2D eigenvalue weighted by atomic mass is 10.0. The predicted molar refractivity (Wildman–Crippen MR) is 88.4 cm³/mol. The van der Waals surface area contributed by atoms with Crippen molar-refractivity contribution >= 4 is 15.9 Å². The Kier molecular flexibility index (Phi) is 6.06. The number of hydrogen-bond donors (Lipinski definition) is 1. The molecule has 2 heterocycles. The van der Waals surface area contributed by atoms with Crippen LogP contribution in [0, 0.1) is 0 Å². The summed E-state index contributed by atoms with van der Waals surface area (Å²) >= 11 is 3.73. The van der Waals surface area contributed by atoms with E-state index in [1.807, 2.05) is 12.3 Å². The van der Waals surface area contributed by atoms with Crippen LogP contribution in [0.15, 0.2) is 27.5 Å². The van der Waals surface area contributed by atoms with Crippen LogP contribution >= 0.6 is 15.9 Å². The van der Waals surface area contributed by atoms with Crippen LogP contribution in [-0.2, 0) is 19.4 Å². The van der Waals surface area contributed by atoms with E-state index in [-0.39, 0.29) is 6.04 Å². The molecule has 0 spiro atoms. The quantitative estimate of drug-likeness (QED) is 0.776. The summed E-state index contributed by atoms with van der Waals surface area (Å²) in [5.74, 6) is 0. The van der Waals surface area contributed by atoms with Crippen LogP contribution in [0.4, 0.5) is 0 Å². The highest BCUT2D eigenvalue weighted by Gasteiger charge is 2.20. The fourth-order valence-corrected chi connectivity index (χ4v) is 3.23. The van der Waals surface area contributed by atoms with Gasteiger partial charge in [-0.3, -0.25) is 4.68 Å². The van der Waals surface area contributed by atoms with Gasteiger partial charge in [0.2, 0.25) is 0 Å². The van der Waals surface area contributed by atoms with Gasteiger partial charge in [-0.2, -0.15) is 5.10 Å². The number of halogens is 1. The lowest BCUT2D eigenvalue weighted by Gasteiger charge is -2.18. The van der Waals surface area contributed by atoms with Crippen molar-refractivity contribution in [3.8, 4) is 0 Å². The molecule has 0 aliphatic carbocycles. The monoisotopic (exact) mass is 353 g/mol. The van der Waals surface area contributed by atoms with Crippen LogP contribution < -0.4 is 5.32 Å². The third kappa shape index (κ3) is 3.77. The van der Waals surface area contributed by atoms with Crippen molar-refractivity contribution in [2.45, 2.75) is 52.6 Å². The van der Waals surface area contributed by atoms with Gasteiger partial charge in [0.15, 0.2) is 0 Å². The smallest absolute Gasteiger partial charge is 0.0950 e. The standard InChI is InChI=1S/C16H24BrN3O/c1-4-8-18-14(12-7-9-21-11-12)10-15-16(17)13(5-2)19-20(15)6-3/h7,9,11,14,18H,4-6,8,10H2,1-3H3. The van der Waals surface area contributed by atoms with Crippen molar-refractivity contribution in [1.82, 2.24) is 15.1 Å². The zero-order valence-corrected chi connectivity index (χ0v) is 14.6. The highest BCUT2D eigenvalue weighted by Crippen LogP contribution is 2.27. The van der Waals surface area contributed by atoms with Gasteiger partial charge in [-0.1, -0.05) is 13.8 Å². The Balaban J connectivity index is 2.25. The van der Waals surface area contributed by atoms with Crippen LogP contribution in [0.1, 0.15) is 50.2 Å². The summed E-state index contributed by atoms with van der Waals surface area (Å²) in [7, 11) is 0. The molecule has 1 N–H and O–H groups in total. The van der Waals surface area contributed by atoms with Gasteiger partial charge in [-0.05, 0) is 48.3 Å². The lowest BCUT2D eigenvalue weighted by Crippen LogP contribution is -2.25. The molecule has 0 aliphatic heterocycles. The van der Waals surface area contributed by atoms with Crippen molar-refractivity contribution in [2.24, 2.45) is 0 Å². The average Bonchev–Trinajstić information content (AvgIpc) is 3.12. The number of nitrogens with zero attached hydrogens (tertiary/aromatic N) is 2. The molecular weight excluding hydrogens is 330 g/mol. The molecule has 1 unspecified atom stereocenters. The number of aryl methyl sites for hydroxylation is 2. The maximum absolute atomic E-state index is 5.25. The first-order valence-corrected chi connectivity index (χ1v) is 8.50. The molecule has 2 aromatic heterocycles. The summed E-state index contributed by atoms with van der Waals surface area (Å²) in [5, 5.41) is 8.28. The first kappa shape index (κ1) is 16.3. The number of furan rings is 1. The Morgan fingerprint density at radius 1 is 1.38 bits per heavy atom. The topological polar surface area (TPSA) is 43.0 Å². The van der Waals surface area contributed by atoms with Gasteiger partial charge in [0.25, 0.3) is 0 Å². The van der Waals surface area contributed by atoms with E-state index in [0.717, 1.165) is 42.5 Å². The van der Waals surface area contributed by atoms with Crippen molar-refractivity contribution in [3.63, 3.8) is 0 Å². The summed E-state index contributed by atoms with van der Waals surface area (Å²) in [4.78, 5) is 0. The SMILES string of the molecule is CCCNC(Cc1c(Br)c(CC)nn1CC)c1ccoc1. The number of aromatic nitrogens is 2. The first-order chi connectivity index (χ1) is 10.2. The van der Waals surface area contributed by atoms with Crippen LogP contribution in [0.2, 0.25) is 0 Å². The zero-order chi connectivity index (χ0) is 15.2. The first-order valence-electron chi connectivity index (χ1n) is 7.70. The molecule has 0 bridgehead atoms. The zero-order valence-electron chi connectivity index (χ0n) is 13.0. The minimum atomic E-state index is 0.256. The van der Waals surface area contributed by atoms with Crippen LogP contribution in [0.3, 0.4) is 0 Å². The number of hydrogen-bond acceptors (Lipinski definition) is 3. The van der Waals surface area contributed by atoms with E-state index >= 15 is 0 Å². The Morgan fingerprint density at radius 2 is 2.19 bits per heavy atom. The summed E-state index contributed by atoms with van der Waals surface area (Å²) < 4.78 is 8.50. The van der Waals surface area contributed by atoms with E-state index in [2.05, 4.69) is 51.8 Å². The second-order valence-corrected chi connectivity index (χ2v) is 5.94. The Morgan fingerprint density at radius 3 is 2.76 bits per heavy atom. The van der Waals surface area contributed by atoms with Gasteiger partial charge < -0.3 is 9.73 Å². The summed E-state index contributed by atoms with van der Waals surface area (Å²) in [5.41, 5.74) is 3.58. The maximum Gasteiger partial charge on any atom is 0.0950 e. The minimum Gasteiger partial charge on any atom is -0.472 e. The van der Waals surface area contributed by atoms with E-state index < -0.39 is 0 Å². The number of nitrogens with one attached hydrogen (secondary N) is 1. The van der Waals surface area contributed by atoms with Gasteiger partial charge in [0.1, 0.15) is 0 Å². The molecule has 0 amide bonds. The van der Waals surface area contributed by atoms with E-state index in [1.165, 1.54) is 11.3 Å². The molecule has 0 aliphatic rings. The highest BCUT2D eigenvalue weighted by molar-refractivity contribution is 9.10. The molecule has 0 saturated carbocycles. The van der Waals surface area contributed by atoms with E-state index in [1.54, 1.807) is 6.26 Å². The fraction of sp³-hybridized carbons (Fsp3) is 0.562. The van der Waals surface area contributed by atoms with Crippen molar-refractivity contribution in [2.75, 3.05) is 6.54 Å². The normalized spacial score (nSPS) is 12.8. The predicted octanol–water partition coefficient (Wildman–Crippen LogP) is 4.10. The van der Waals surface area contributed by atoms with Gasteiger partial charge in [0, 0.05) is 24.6 Å². The molecule has 1 atom stereocenters. The fourth-order valence-electron chi connectivity index (χ4n) is 2.51. The molecule has 5 heteroatoms. The molecule has 2 rings (SSSR count). The summed E-state index contributed by atoms with van der Waals surface area (Å²) in [6.07, 6.45) is 6.53. The molecule has 2 aromatic rings. The Labute approximate surface area is 135 Å². The third-order valence-electron chi connectivity index (χ3n) is 3.68. The summed E-state index contributed by atoms with van der Waals surface area (Å²) in [6, 6.07) is 2.29. The molecule has 0 aromatic carbocycles. The van der Waals surface area contributed by atoms with Crippen molar-refractivity contribution < 1.29 is 4.42 Å². The maximum atomic E-state index is 5.25. The van der Waals surface area contributed by atoms with Crippen molar-refractivity contribution in [3.05, 3.63) is 40.0 Å². The molecule has 0 fully saturated rings. The van der Waals surface area contributed by atoms with Crippen LogP contribution in [-0.4, -0.2) is 16.3 Å². The van der Waals surface area contributed by atoms with Gasteiger partial charge in [0.05, 0.1) is 28.4 Å². The molecule has 0 radical (unpaired) electrons. The molecular formula is C16H24BrN3O.